The highest BCUT2D eigenvalue weighted by Gasteiger charge is 2.33. The molecule has 0 spiro atoms. The highest BCUT2D eigenvalue weighted by Crippen LogP contribution is 2.37. The van der Waals surface area contributed by atoms with Crippen molar-refractivity contribution in [1.82, 2.24) is 40.1 Å². The quantitative estimate of drug-likeness (QED) is 0.366. The van der Waals surface area contributed by atoms with Gasteiger partial charge in [-0.25, -0.2) is 14.9 Å². The number of nitrogens with zero attached hydrogens (tertiary/aromatic N) is 6. The van der Waals surface area contributed by atoms with Crippen molar-refractivity contribution in [3.05, 3.63) is 65.9 Å². The number of rotatable bonds is 9. The average Bonchev–Trinajstić information content (AvgIpc) is 3.53. The molecule has 3 aromatic rings. The van der Waals surface area contributed by atoms with E-state index in [4.69, 9.17) is 4.74 Å². The molecular formula is C27H32F2N8O3S. The smallest absolute Gasteiger partial charge is 0.387 e. The van der Waals surface area contributed by atoms with Gasteiger partial charge in [-0.05, 0) is 31.3 Å². The molecule has 0 saturated carbocycles. The number of piperazine rings is 1. The topological polar surface area (TPSA) is 107 Å². The number of alkyl halides is 2. The second kappa shape index (κ2) is 12.4. The molecule has 0 radical (unpaired) electrons. The SMILES string of the molecule is CC(C)Sc1ccc(OC(F)F)c(C2NN(CC(=O)N3CCN(C)CC3)C=C2NC(=O)c2cnn3cccnc23)c1. The fourth-order valence-corrected chi connectivity index (χ4v) is 5.62. The van der Waals surface area contributed by atoms with Crippen molar-refractivity contribution < 1.29 is 23.1 Å². The molecule has 4 heterocycles. The lowest BCUT2D eigenvalue weighted by Crippen LogP contribution is -2.50. The van der Waals surface area contributed by atoms with Crippen LogP contribution in [0.5, 0.6) is 5.75 Å². The summed E-state index contributed by atoms with van der Waals surface area (Å²) in [5.74, 6) is -0.600. The standard InChI is InChI=1S/C27H32F2N8O3S/c1-17(2)41-18-5-6-22(40-27(28)29)19(13-18)24-21(32-26(39)20-14-31-37-8-4-7-30-25(20)37)15-36(33-24)16-23(38)35-11-9-34(3)10-12-35/h4-8,13-15,17,24,27,33H,9-12,16H2,1-3H3,(H,32,39). The van der Waals surface area contributed by atoms with E-state index in [1.54, 1.807) is 58.5 Å². The molecule has 41 heavy (non-hydrogen) atoms. The summed E-state index contributed by atoms with van der Waals surface area (Å²) in [7, 11) is 2.01. The van der Waals surface area contributed by atoms with Crippen molar-refractivity contribution in [2.45, 2.75) is 36.6 Å². The van der Waals surface area contributed by atoms with E-state index in [1.807, 2.05) is 20.9 Å². The van der Waals surface area contributed by atoms with Crippen molar-refractivity contribution in [1.29, 1.82) is 0 Å². The largest absolute Gasteiger partial charge is 0.434 e. The number of hydrogen-bond acceptors (Lipinski definition) is 9. The molecule has 1 fully saturated rings. The lowest BCUT2D eigenvalue weighted by atomic mass is 10.0. The highest BCUT2D eigenvalue weighted by molar-refractivity contribution is 7.99. The van der Waals surface area contributed by atoms with E-state index in [2.05, 4.69) is 25.7 Å². The predicted octanol–water partition coefficient (Wildman–Crippen LogP) is 2.74. The van der Waals surface area contributed by atoms with Crippen molar-refractivity contribution in [3.63, 3.8) is 0 Å². The van der Waals surface area contributed by atoms with E-state index >= 15 is 0 Å². The van der Waals surface area contributed by atoms with Crippen LogP contribution >= 0.6 is 11.8 Å². The van der Waals surface area contributed by atoms with Crippen molar-refractivity contribution in [2.24, 2.45) is 0 Å². The lowest BCUT2D eigenvalue weighted by Gasteiger charge is -2.33. The third-order valence-electron chi connectivity index (χ3n) is 6.72. The fraction of sp³-hybridized carbons (Fsp3) is 0.407. The van der Waals surface area contributed by atoms with Crippen molar-refractivity contribution >= 4 is 29.2 Å². The van der Waals surface area contributed by atoms with Gasteiger partial charge in [-0.2, -0.15) is 13.9 Å². The molecule has 2 N–H and O–H groups in total. The Morgan fingerprint density at radius 3 is 2.73 bits per heavy atom. The van der Waals surface area contributed by atoms with Crippen LogP contribution in [0.15, 0.2) is 59.6 Å². The van der Waals surface area contributed by atoms with Crippen LogP contribution in [-0.4, -0.2) is 92.9 Å². The highest BCUT2D eigenvalue weighted by atomic mass is 32.2. The third-order valence-corrected chi connectivity index (χ3v) is 7.72. The molecule has 218 valence electrons. The Balaban J connectivity index is 1.45. The molecule has 1 aromatic carbocycles. The number of fused-ring (bicyclic) bond motifs is 1. The van der Waals surface area contributed by atoms with Gasteiger partial charge >= 0.3 is 6.61 Å². The summed E-state index contributed by atoms with van der Waals surface area (Å²) in [5.41, 5.74) is 4.59. The van der Waals surface area contributed by atoms with Crippen LogP contribution in [0.4, 0.5) is 8.78 Å². The Labute approximate surface area is 240 Å². The van der Waals surface area contributed by atoms with E-state index in [0.717, 1.165) is 18.0 Å². The lowest BCUT2D eigenvalue weighted by molar-refractivity contribution is -0.133. The van der Waals surface area contributed by atoms with Crippen LogP contribution in [-0.2, 0) is 4.79 Å². The molecule has 2 aromatic heterocycles. The Hall–Kier alpha value is -3.75. The second-order valence-electron chi connectivity index (χ2n) is 10.1. The molecule has 0 bridgehead atoms. The van der Waals surface area contributed by atoms with Crippen LogP contribution in [0.25, 0.3) is 5.65 Å². The zero-order chi connectivity index (χ0) is 29.1. The molecule has 1 unspecified atom stereocenters. The third kappa shape index (κ3) is 6.77. The zero-order valence-corrected chi connectivity index (χ0v) is 23.8. The van der Waals surface area contributed by atoms with E-state index in [0.29, 0.717) is 30.0 Å². The van der Waals surface area contributed by atoms with Gasteiger partial charge in [-0.1, -0.05) is 13.8 Å². The first kappa shape index (κ1) is 28.8. The van der Waals surface area contributed by atoms with Gasteiger partial charge in [0.15, 0.2) is 5.65 Å². The maximum atomic E-state index is 13.4. The number of hydrazine groups is 1. The minimum atomic E-state index is -3.04. The van der Waals surface area contributed by atoms with E-state index in [-0.39, 0.29) is 29.0 Å². The number of benzene rings is 1. The van der Waals surface area contributed by atoms with Gasteiger partial charge in [-0.15, -0.1) is 11.8 Å². The number of ether oxygens (including phenoxy) is 1. The number of nitrogens with one attached hydrogen (secondary N) is 2. The molecular weight excluding hydrogens is 554 g/mol. The number of thioether (sulfide) groups is 1. The maximum Gasteiger partial charge on any atom is 0.387 e. The van der Waals surface area contributed by atoms with E-state index in [1.165, 1.54) is 16.8 Å². The fourth-order valence-electron chi connectivity index (χ4n) is 4.74. The van der Waals surface area contributed by atoms with E-state index < -0.39 is 18.6 Å². The maximum absolute atomic E-state index is 13.4. The van der Waals surface area contributed by atoms with Crippen molar-refractivity contribution in [3.8, 4) is 5.75 Å². The normalized spacial score (nSPS) is 17.9. The molecule has 14 heteroatoms. The van der Waals surface area contributed by atoms with Crippen LogP contribution < -0.4 is 15.5 Å². The average molecular weight is 587 g/mol. The van der Waals surface area contributed by atoms with Gasteiger partial charge in [-0.3, -0.25) is 9.59 Å². The molecule has 11 nitrogen and oxygen atoms in total. The van der Waals surface area contributed by atoms with Crippen molar-refractivity contribution in [2.75, 3.05) is 39.8 Å². The summed E-state index contributed by atoms with van der Waals surface area (Å²) in [5, 5.41) is 8.89. The van der Waals surface area contributed by atoms with Gasteiger partial charge in [0, 0.05) is 60.5 Å². The van der Waals surface area contributed by atoms with Gasteiger partial charge < -0.3 is 24.9 Å². The molecule has 1 atom stereocenters. The zero-order valence-electron chi connectivity index (χ0n) is 23.0. The number of amides is 2. The predicted molar refractivity (Wildman–Crippen MR) is 149 cm³/mol. The van der Waals surface area contributed by atoms with Crippen LogP contribution in [0, 0.1) is 0 Å². The van der Waals surface area contributed by atoms with Crippen LogP contribution in [0.1, 0.15) is 35.8 Å². The minimum absolute atomic E-state index is 0.0106. The number of hydrogen-bond donors (Lipinski definition) is 2. The number of carbonyl (C=O) groups excluding carboxylic acids is 2. The Morgan fingerprint density at radius 2 is 2.00 bits per heavy atom. The van der Waals surface area contributed by atoms with Crippen LogP contribution in [0.3, 0.4) is 0 Å². The summed E-state index contributed by atoms with van der Waals surface area (Å²) in [6.07, 6.45) is 6.26. The number of aromatic nitrogens is 3. The van der Waals surface area contributed by atoms with Gasteiger partial charge in [0.2, 0.25) is 5.91 Å². The number of carbonyl (C=O) groups is 2. The summed E-state index contributed by atoms with van der Waals surface area (Å²) in [6.45, 7) is 3.80. The first-order valence-electron chi connectivity index (χ1n) is 13.2. The Morgan fingerprint density at radius 1 is 1.22 bits per heavy atom. The first-order valence-corrected chi connectivity index (χ1v) is 14.1. The van der Waals surface area contributed by atoms with Gasteiger partial charge in [0.1, 0.15) is 17.9 Å². The first-order chi connectivity index (χ1) is 19.7. The molecule has 1 saturated heterocycles. The van der Waals surface area contributed by atoms with E-state index in [9.17, 15) is 18.4 Å². The summed E-state index contributed by atoms with van der Waals surface area (Å²) >= 11 is 1.57. The minimum Gasteiger partial charge on any atom is -0.434 e. The van der Waals surface area contributed by atoms with Gasteiger partial charge in [0.05, 0.1) is 17.9 Å². The molecule has 2 amide bonds. The van der Waals surface area contributed by atoms with Gasteiger partial charge in [0.25, 0.3) is 5.91 Å². The monoisotopic (exact) mass is 586 g/mol. The summed E-state index contributed by atoms with van der Waals surface area (Å²) in [6, 6.07) is 5.91. The number of likely N-dealkylation sites (N-methyl/N-ethyl adjacent to an activating group) is 1. The molecule has 5 rings (SSSR count). The Kier molecular flexibility index (Phi) is 8.71. The molecule has 2 aliphatic heterocycles. The summed E-state index contributed by atoms with van der Waals surface area (Å²) < 4.78 is 33.2. The van der Waals surface area contributed by atoms with Crippen LogP contribution in [0.2, 0.25) is 0 Å². The second-order valence-corrected chi connectivity index (χ2v) is 11.8. The molecule has 2 aliphatic rings. The molecule has 0 aliphatic carbocycles. The number of halogens is 2. The Bertz CT molecular complexity index is 1440. The summed E-state index contributed by atoms with van der Waals surface area (Å²) in [4.78, 5) is 35.6.